The van der Waals surface area contributed by atoms with E-state index in [9.17, 15) is 19.7 Å². The van der Waals surface area contributed by atoms with Crippen LogP contribution in [-0.4, -0.2) is 39.0 Å². The number of nitro groups is 1. The Morgan fingerprint density at radius 2 is 1.95 bits per heavy atom. The van der Waals surface area contributed by atoms with Gasteiger partial charge in [0.1, 0.15) is 0 Å². The van der Waals surface area contributed by atoms with Gasteiger partial charge in [-0.25, -0.2) is 10.1 Å². The second-order valence-electron chi connectivity index (χ2n) is 4.01. The molecule has 0 bridgehead atoms. The molecule has 1 heterocycles. The molecule has 8 nitrogen and oxygen atoms in total. The predicted octanol–water partition coefficient (Wildman–Crippen LogP) is 1.13. The lowest BCUT2D eigenvalue weighted by atomic mass is 10.2. The van der Waals surface area contributed by atoms with Gasteiger partial charge in [-0.15, -0.1) is 0 Å². The number of hydrogen-bond acceptors (Lipinski definition) is 7. The lowest BCUT2D eigenvalue weighted by molar-refractivity contribution is -0.693. The van der Waals surface area contributed by atoms with Gasteiger partial charge in [-0.3, -0.25) is 9.59 Å². The maximum Gasteiger partial charge on any atom is 0.448 e. The van der Waals surface area contributed by atoms with Gasteiger partial charge in [0.2, 0.25) is 0 Å². The van der Waals surface area contributed by atoms with Crippen LogP contribution in [-0.2, 0) is 19.1 Å². The molecule has 0 aromatic carbocycles. The van der Waals surface area contributed by atoms with E-state index in [1.807, 2.05) is 6.92 Å². The summed E-state index contributed by atoms with van der Waals surface area (Å²) in [6.45, 7) is 4.17. The number of nitrogens with zero attached hydrogens (tertiary/aromatic N) is 2. The minimum Gasteiger partial charge on any atom is -0.391 e. The lowest BCUT2D eigenvalue weighted by Gasteiger charge is -2.39. The first-order valence-electron chi connectivity index (χ1n) is 5.79. The highest BCUT2D eigenvalue weighted by Crippen LogP contribution is 2.42. The second kappa shape index (κ2) is 6.09. The maximum absolute atomic E-state index is 11.2. The molecular weight excluding hydrogens is 276 g/mol. The zero-order valence-electron chi connectivity index (χ0n) is 11.0. The third-order valence-corrected chi connectivity index (χ3v) is 4.07. The Morgan fingerprint density at radius 3 is 2.32 bits per heavy atom. The third-order valence-electron chi connectivity index (χ3n) is 2.49. The molecular formula is C10H16N2O6S. The molecule has 9 heteroatoms. The molecule has 0 radical (unpaired) electrons. The fourth-order valence-electron chi connectivity index (χ4n) is 1.74. The average Bonchev–Trinajstić information content (AvgIpc) is 2.25. The van der Waals surface area contributed by atoms with Crippen LogP contribution in [0.3, 0.4) is 0 Å². The van der Waals surface area contributed by atoms with Gasteiger partial charge in [-0.1, -0.05) is 6.92 Å². The Bertz CT molecular complexity index is 372. The largest absolute Gasteiger partial charge is 0.448 e. The molecule has 0 aliphatic carbocycles. The van der Waals surface area contributed by atoms with E-state index in [-0.39, 0.29) is 11.8 Å². The summed E-state index contributed by atoms with van der Waals surface area (Å²) in [5.74, 6) is -1.50. The highest BCUT2D eigenvalue weighted by atomic mass is 32.2. The van der Waals surface area contributed by atoms with Gasteiger partial charge in [0.05, 0.1) is 6.54 Å². The number of ether oxygens (including phenoxy) is 2. The summed E-state index contributed by atoms with van der Waals surface area (Å²) in [6, 6.07) is 0. The van der Waals surface area contributed by atoms with Gasteiger partial charge in [0, 0.05) is 19.1 Å². The molecule has 0 aromatic heterocycles. The van der Waals surface area contributed by atoms with Gasteiger partial charge in [-0.2, -0.15) is 0 Å². The van der Waals surface area contributed by atoms with E-state index in [0.29, 0.717) is 11.4 Å². The monoisotopic (exact) mass is 292 g/mol. The number of carbonyl (C=O) groups is 2. The normalized spacial score (nSPS) is 21.6. The van der Waals surface area contributed by atoms with Crippen molar-refractivity contribution >= 4 is 23.7 Å². The molecule has 0 N–H and O–H groups in total. The van der Waals surface area contributed by atoms with E-state index in [1.165, 1.54) is 0 Å². The number of esters is 2. The molecule has 1 saturated heterocycles. The number of hydrazine groups is 1. The Hall–Kier alpha value is -1.51. The minimum absolute atomic E-state index is 0.00917. The Kier molecular flexibility index (Phi) is 4.98. The van der Waals surface area contributed by atoms with Crippen molar-refractivity contribution in [2.45, 2.75) is 44.1 Å². The quantitative estimate of drug-likeness (QED) is 0.329. The molecule has 19 heavy (non-hydrogen) atoms. The van der Waals surface area contributed by atoms with E-state index in [4.69, 9.17) is 9.47 Å². The molecule has 0 amide bonds. The lowest BCUT2D eigenvalue weighted by Crippen LogP contribution is -2.58. The van der Waals surface area contributed by atoms with Crippen LogP contribution in [0.1, 0.15) is 33.6 Å². The number of carbonyl (C=O) groups excluding carboxylic acids is 2. The molecule has 0 saturated carbocycles. The maximum atomic E-state index is 11.2. The van der Waals surface area contributed by atoms with Crippen LogP contribution in [0.15, 0.2) is 0 Å². The standard InChI is InChI=1S/C10H16N2O6S/c1-4-9-5-6-11(12(15)16)10(19-9,17-7(2)13)18-8(3)14/h9H,4-6H2,1-3H3. The molecule has 0 spiro atoms. The van der Waals surface area contributed by atoms with Crippen LogP contribution in [0.2, 0.25) is 0 Å². The molecule has 1 aliphatic heterocycles. The molecule has 1 aliphatic rings. The van der Waals surface area contributed by atoms with Crippen molar-refractivity contribution in [1.82, 2.24) is 5.01 Å². The van der Waals surface area contributed by atoms with Crippen molar-refractivity contribution in [3.05, 3.63) is 10.1 Å². The summed E-state index contributed by atoms with van der Waals surface area (Å²) in [5, 5.41) is 8.99. The summed E-state index contributed by atoms with van der Waals surface area (Å²) in [5.41, 5.74) is 0. The van der Waals surface area contributed by atoms with Crippen LogP contribution >= 0.6 is 11.8 Å². The zero-order chi connectivity index (χ0) is 14.6. The molecule has 0 aromatic rings. The van der Waals surface area contributed by atoms with Crippen molar-refractivity contribution in [1.29, 1.82) is 0 Å². The number of thioether (sulfide) groups is 1. The topological polar surface area (TPSA) is 99.0 Å². The molecule has 1 rings (SSSR count). The van der Waals surface area contributed by atoms with Gasteiger partial charge < -0.3 is 9.47 Å². The fourth-order valence-corrected chi connectivity index (χ4v) is 3.16. The van der Waals surface area contributed by atoms with Gasteiger partial charge >= 0.3 is 17.2 Å². The van der Waals surface area contributed by atoms with Crippen molar-refractivity contribution in [2.24, 2.45) is 0 Å². The summed E-state index contributed by atoms with van der Waals surface area (Å²) >= 11 is 0.970. The van der Waals surface area contributed by atoms with Gasteiger partial charge in [-0.05, 0) is 29.6 Å². The molecule has 1 fully saturated rings. The van der Waals surface area contributed by atoms with Crippen LogP contribution in [0, 0.1) is 10.1 Å². The van der Waals surface area contributed by atoms with Crippen molar-refractivity contribution in [3.63, 3.8) is 0 Å². The van der Waals surface area contributed by atoms with Crippen LogP contribution < -0.4 is 0 Å². The highest BCUT2D eigenvalue weighted by molar-refractivity contribution is 8.00. The number of hydrogen-bond donors (Lipinski definition) is 0. The van der Waals surface area contributed by atoms with E-state index in [1.54, 1.807) is 0 Å². The third kappa shape index (κ3) is 3.72. The van der Waals surface area contributed by atoms with E-state index >= 15 is 0 Å². The minimum atomic E-state index is -2.01. The first-order valence-corrected chi connectivity index (χ1v) is 6.67. The van der Waals surface area contributed by atoms with E-state index in [2.05, 4.69) is 0 Å². The summed E-state index contributed by atoms with van der Waals surface area (Å²) in [6.07, 6.45) is 1.27. The molecule has 1 atom stereocenters. The van der Waals surface area contributed by atoms with Crippen LogP contribution in [0.5, 0.6) is 0 Å². The van der Waals surface area contributed by atoms with Gasteiger partial charge in [0.25, 0.3) is 0 Å². The SMILES string of the molecule is CCC1CCN([N+](=O)[O-])C(OC(C)=O)(OC(C)=O)S1. The fraction of sp³-hybridized carbons (Fsp3) is 0.800. The zero-order valence-corrected chi connectivity index (χ0v) is 11.8. The van der Waals surface area contributed by atoms with E-state index < -0.39 is 22.2 Å². The van der Waals surface area contributed by atoms with Crippen LogP contribution in [0.4, 0.5) is 0 Å². The first kappa shape index (κ1) is 15.5. The van der Waals surface area contributed by atoms with Crippen molar-refractivity contribution < 1.29 is 24.1 Å². The smallest absolute Gasteiger partial charge is 0.391 e. The molecule has 1 unspecified atom stereocenters. The summed E-state index contributed by atoms with van der Waals surface area (Å²) in [4.78, 5) is 33.4. The van der Waals surface area contributed by atoms with Crippen molar-refractivity contribution in [2.75, 3.05) is 6.54 Å². The Labute approximate surface area is 114 Å². The predicted molar refractivity (Wildman–Crippen MR) is 66.3 cm³/mol. The average molecular weight is 292 g/mol. The number of rotatable bonds is 4. The van der Waals surface area contributed by atoms with Gasteiger partial charge in [0.15, 0.2) is 5.03 Å². The molecule has 108 valence electrons. The summed E-state index contributed by atoms with van der Waals surface area (Å²) < 4.78 is 9.92. The highest BCUT2D eigenvalue weighted by Gasteiger charge is 2.56. The Balaban J connectivity index is 3.11. The second-order valence-corrected chi connectivity index (χ2v) is 5.43. The first-order chi connectivity index (χ1) is 8.80. The van der Waals surface area contributed by atoms with Crippen LogP contribution in [0.25, 0.3) is 0 Å². The van der Waals surface area contributed by atoms with Crippen molar-refractivity contribution in [3.8, 4) is 0 Å². The Morgan fingerprint density at radius 1 is 1.42 bits per heavy atom. The summed E-state index contributed by atoms with van der Waals surface area (Å²) in [7, 11) is 0. The van der Waals surface area contributed by atoms with E-state index in [0.717, 1.165) is 32.0 Å².